The van der Waals surface area contributed by atoms with Gasteiger partial charge in [-0.05, 0) is 54.8 Å². The van der Waals surface area contributed by atoms with E-state index in [4.69, 9.17) is 9.47 Å². The van der Waals surface area contributed by atoms with E-state index < -0.39 is 18.0 Å². The van der Waals surface area contributed by atoms with Gasteiger partial charge in [-0.1, -0.05) is 0 Å². The van der Waals surface area contributed by atoms with Crippen molar-refractivity contribution >= 4 is 45.1 Å². The average molecular weight is 406 g/mol. The second kappa shape index (κ2) is 9.67. The highest BCUT2D eigenvalue weighted by atomic mass is 79.9. The predicted octanol–water partition coefficient (Wildman–Crippen LogP) is 2.82. The number of aryl methyl sites for hydroxylation is 1. The second-order valence-electron chi connectivity index (χ2n) is 4.68. The van der Waals surface area contributed by atoms with Crippen molar-refractivity contribution < 1.29 is 23.9 Å². The molecule has 1 aromatic rings. The number of carbonyl (C=O) groups excluding carboxylic acids is 3. The van der Waals surface area contributed by atoms with Crippen LogP contribution in [0.15, 0.2) is 9.85 Å². The lowest BCUT2D eigenvalue weighted by molar-refractivity contribution is -0.146. The molecule has 1 N–H and O–H groups in total. The second-order valence-corrected chi connectivity index (χ2v) is 7.12. The molecule has 0 saturated carbocycles. The van der Waals surface area contributed by atoms with Gasteiger partial charge in [0.15, 0.2) is 0 Å². The fourth-order valence-corrected chi connectivity index (χ4v) is 3.51. The van der Waals surface area contributed by atoms with Crippen LogP contribution in [0.3, 0.4) is 0 Å². The minimum atomic E-state index is -0.882. The number of hydrogen-bond acceptors (Lipinski definition) is 6. The van der Waals surface area contributed by atoms with Gasteiger partial charge in [0.2, 0.25) is 0 Å². The van der Waals surface area contributed by atoms with Crippen LogP contribution in [0.2, 0.25) is 0 Å². The number of thiophene rings is 1. The zero-order valence-electron chi connectivity index (χ0n) is 13.3. The molecule has 0 aliphatic heterocycles. The molecule has 0 unspecified atom stereocenters. The number of carbonyl (C=O) groups is 3. The monoisotopic (exact) mass is 405 g/mol. The van der Waals surface area contributed by atoms with Crippen molar-refractivity contribution in [3.05, 3.63) is 20.3 Å². The van der Waals surface area contributed by atoms with Crippen LogP contribution in [0.25, 0.3) is 0 Å². The SMILES string of the molecule is CCOC(=O)CC[C@H](NC(=O)c1sc(Br)cc1C)C(=O)OCC. The first-order valence-corrected chi connectivity index (χ1v) is 8.89. The highest BCUT2D eigenvalue weighted by Gasteiger charge is 2.25. The van der Waals surface area contributed by atoms with E-state index in [0.29, 0.717) is 4.88 Å². The lowest BCUT2D eigenvalue weighted by atomic mass is 10.1. The van der Waals surface area contributed by atoms with Gasteiger partial charge in [0.05, 0.1) is 21.9 Å². The standard InChI is InChI=1S/C15H20BrNO5S/c1-4-21-12(18)7-6-10(15(20)22-5-2)17-14(19)13-9(3)8-11(16)23-13/h8,10H,4-7H2,1-3H3,(H,17,19)/t10-/m0/s1. The molecule has 0 fully saturated rings. The fourth-order valence-electron chi connectivity index (χ4n) is 1.88. The number of ether oxygens (including phenoxy) is 2. The van der Waals surface area contributed by atoms with Crippen LogP contribution in [-0.2, 0) is 19.1 Å². The molecule has 8 heteroatoms. The highest BCUT2D eigenvalue weighted by molar-refractivity contribution is 9.11. The number of halogens is 1. The summed E-state index contributed by atoms with van der Waals surface area (Å²) < 4.78 is 10.6. The normalized spacial score (nSPS) is 11.7. The topological polar surface area (TPSA) is 81.7 Å². The molecule has 1 heterocycles. The zero-order chi connectivity index (χ0) is 17.4. The van der Waals surface area contributed by atoms with Gasteiger partial charge in [0.1, 0.15) is 6.04 Å². The van der Waals surface area contributed by atoms with Gasteiger partial charge in [-0.15, -0.1) is 11.3 Å². The van der Waals surface area contributed by atoms with Crippen molar-refractivity contribution in [3.8, 4) is 0 Å². The Morgan fingerprint density at radius 2 is 1.91 bits per heavy atom. The van der Waals surface area contributed by atoms with E-state index in [1.165, 1.54) is 11.3 Å². The largest absolute Gasteiger partial charge is 0.466 e. The summed E-state index contributed by atoms with van der Waals surface area (Å²) in [6.45, 7) is 5.68. The predicted molar refractivity (Wildman–Crippen MR) is 90.5 cm³/mol. The Kier molecular flexibility index (Phi) is 8.25. The van der Waals surface area contributed by atoms with Crippen LogP contribution >= 0.6 is 27.3 Å². The van der Waals surface area contributed by atoms with Crippen LogP contribution in [0.1, 0.15) is 41.9 Å². The minimum absolute atomic E-state index is 0.0325. The molecule has 1 atom stereocenters. The van der Waals surface area contributed by atoms with Crippen LogP contribution in [0, 0.1) is 6.92 Å². The average Bonchev–Trinajstić information content (AvgIpc) is 2.82. The zero-order valence-corrected chi connectivity index (χ0v) is 15.7. The van der Waals surface area contributed by atoms with Gasteiger partial charge in [-0.25, -0.2) is 4.79 Å². The van der Waals surface area contributed by atoms with Gasteiger partial charge in [-0.2, -0.15) is 0 Å². The van der Waals surface area contributed by atoms with Crippen LogP contribution in [0.4, 0.5) is 0 Å². The van der Waals surface area contributed by atoms with Crippen molar-refractivity contribution in [3.63, 3.8) is 0 Å². The van der Waals surface area contributed by atoms with E-state index in [0.717, 1.165) is 9.35 Å². The Morgan fingerprint density at radius 1 is 1.26 bits per heavy atom. The minimum Gasteiger partial charge on any atom is -0.466 e. The number of nitrogens with one attached hydrogen (secondary N) is 1. The van der Waals surface area contributed by atoms with E-state index in [2.05, 4.69) is 21.2 Å². The summed E-state index contributed by atoms with van der Waals surface area (Å²) in [5.74, 6) is -1.33. The lowest BCUT2D eigenvalue weighted by Gasteiger charge is -2.16. The smallest absolute Gasteiger partial charge is 0.328 e. The highest BCUT2D eigenvalue weighted by Crippen LogP contribution is 2.26. The third-order valence-corrected chi connectivity index (χ3v) is 4.65. The Bertz CT molecular complexity index is 572. The van der Waals surface area contributed by atoms with Gasteiger partial charge >= 0.3 is 11.9 Å². The first-order chi connectivity index (χ1) is 10.9. The summed E-state index contributed by atoms with van der Waals surface area (Å²) in [6.07, 6.45) is 0.166. The Balaban J connectivity index is 2.75. The van der Waals surface area contributed by atoms with E-state index in [9.17, 15) is 14.4 Å². The summed E-state index contributed by atoms with van der Waals surface area (Å²) in [5.41, 5.74) is 0.812. The molecule has 1 amide bonds. The number of amides is 1. The van der Waals surface area contributed by atoms with Crippen molar-refractivity contribution in [2.75, 3.05) is 13.2 Å². The number of esters is 2. The third-order valence-electron chi connectivity index (χ3n) is 2.91. The summed E-state index contributed by atoms with van der Waals surface area (Å²) in [7, 11) is 0. The summed E-state index contributed by atoms with van der Waals surface area (Å²) in [6, 6.07) is 0.949. The molecule has 1 aromatic heterocycles. The molecule has 1 rings (SSSR count). The molecule has 0 aromatic carbocycles. The Morgan fingerprint density at radius 3 is 2.43 bits per heavy atom. The first-order valence-electron chi connectivity index (χ1n) is 7.28. The van der Waals surface area contributed by atoms with Crippen molar-refractivity contribution in [1.29, 1.82) is 0 Å². The van der Waals surface area contributed by atoms with Gasteiger partial charge < -0.3 is 14.8 Å². The van der Waals surface area contributed by atoms with E-state index in [1.807, 2.05) is 13.0 Å². The first kappa shape index (κ1) is 19.6. The van der Waals surface area contributed by atoms with Gasteiger partial charge in [0, 0.05) is 6.42 Å². The molecule has 128 valence electrons. The Labute approximate surface area is 147 Å². The van der Waals surface area contributed by atoms with Crippen LogP contribution in [0.5, 0.6) is 0 Å². The fraction of sp³-hybridized carbons (Fsp3) is 0.533. The number of hydrogen-bond donors (Lipinski definition) is 1. The van der Waals surface area contributed by atoms with Gasteiger partial charge in [0.25, 0.3) is 5.91 Å². The Hall–Kier alpha value is -1.41. The van der Waals surface area contributed by atoms with Crippen molar-refractivity contribution in [2.45, 2.75) is 39.7 Å². The summed E-state index contributed by atoms with van der Waals surface area (Å²) in [5, 5.41) is 2.64. The molecule has 0 aliphatic rings. The molecule has 23 heavy (non-hydrogen) atoms. The molecule has 0 bridgehead atoms. The quantitative estimate of drug-likeness (QED) is 0.672. The maximum absolute atomic E-state index is 12.3. The van der Waals surface area contributed by atoms with Crippen LogP contribution in [-0.4, -0.2) is 37.1 Å². The van der Waals surface area contributed by atoms with Crippen molar-refractivity contribution in [1.82, 2.24) is 5.32 Å². The maximum atomic E-state index is 12.3. The number of rotatable bonds is 8. The van der Waals surface area contributed by atoms with Crippen molar-refractivity contribution in [2.24, 2.45) is 0 Å². The van der Waals surface area contributed by atoms with E-state index in [-0.39, 0.29) is 32.0 Å². The summed E-state index contributed by atoms with van der Waals surface area (Å²) in [4.78, 5) is 36.3. The summed E-state index contributed by atoms with van der Waals surface area (Å²) >= 11 is 4.61. The molecular formula is C15H20BrNO5S. The van der Waals surface area contributed by atoms with E-state index in [1.54, 1.807) is 13.8 Å². The molecule has 0 aliphatic carbocycles. The maximum Gasteiger partial charge on any atom is 0.328 e. The lowest BCUT2D eigenvalue weighted by Crippen LogP contribution is -2.42. The molecule has 0 radical (unpaired) electrons. The molecule has 6 nitrogen and oxygen atoms in total. The van der Waals surface area contributed by atoms with E-state index >= 15 is 0 Å². The molecule has 0 spiro atoms. The third kappa shape index (κ3) is 6.31. The molecule has 0 saturated heterocycles. The van der Waals surface area contributed by atoms with Gasteiger partial charge in [-0.3, -0.25) is 9.59 Å². The molecular weight excluding hydrogens is 386 g/mol. The van der Waals surface area contributed by atoms with Crippen LogP contribution < -0.4 is 5.32 Å².